The van der Waals surface area contributed by atoms with Gasteiger partial charge < -0.3 is 10.6 Å². The molecular formula is C22H16N6O10. The maximum Gasteiger partial charge on any atom is 0.279 e. The van der Waals surface area contributed by atoms with Crippen LogP contribution >= 0.6 is 0 Å². The molecule has 0 saturated heterocycles. The van der Waals surface area contributed by atoms with E-state index in [1.54, 1.807) is 0 Å². The largest absolute Gasteiger partial charge is 0.322 e. The Balaban J connectivity index is 1.91. The van der Waals surface area contributed by atoms with Crippen LogP contribution in [-0.4, -0.2) is 31.5 Å². The zero-order valence-corrected chi connectivity index (χ0v) is 19.5. The molecule has 0 spiro atoms. The minimum Gasteiger partial charge on any atom is -0.322 e. The number of nitrogens with zero attached hydrogens (tertiary/aromatic N) is 4. The predicted octanol–water partition coefficient (Wildman–Crippen LogP) is 4.44. The van der Waals surface area contributed by atoms with Gasteiger partial charge >= 0.3 is 0 Å². The van der Waals surface area contributed by atoms with Gasteiger partial charge in [0.2, 0.25) is 0 Å². The maximum absolute atomic E-state index is 12.8. The number of hydrogen-bond acceptors (Lipinski definition) is 10. The van der Waals surface area contributed by atoms with E-state index in [9.17, 15) is 50.0 Å². The number of nitro benzene ring substituents is 4. The molecular weight excluding hydrogens is 508 g/mol. The summed E-state index contributed by atoms with van der Waals surface area (Å²) in [4.78, 5) is 67.0. The third-order valence-corrected chi connectivity index (χ3v) is 5.41. The second-order valence-electron chi connectivity index (χ2n) is 7.79. The van der Waals surface area contributed by atoms with Gasteiger partial charge in [0, 0.05) is 34.6 Å². The van der Waals surface area contributed by atoms with E-state index in [1.807, 2.05) is 0 Å². The van der Waals surface area contributed by atoms with Crippen molar-refractivity contribution >= 4 is 45.9 Å². The fourth-order valence-electron chi connectivity index (χ4n) is 3.50. The summed E-state index contributed by atoms with van der Waals surface area (Å²) in [6.45, 7) is 2.52. The van der Waals surface area contributed by atoms with Crippen LogP contribution in [0.2, 0.25) is 0 Å². The zero-order chi connectivity index (χ0) is 28.3. The Morgan fingerprint density at radius 1 is 0.605 bits per heavy atom. The van der Waals surface area contributed by atoms with Crippen LogP contribution in [0.4, 0.5) is 34.1 Å². The number of carbonyl (C=O) groups excluding carboxylic acids is 2. The van der Waals surface area contributed by atoms with Gasteiger partial charge in [-0.15, -0.1) is 0 Å². The predicted molar refractivity (Wildman–Crippen MR) is 131 cm³/mol. The van der Waals surface area contributed by atoms with Crippen molar-refractivity contribution in [2.75, 3.05) is 10.6 Å². The number of non-ortho nitro benzene ring substituents is 2. The third-order valence-electron chi connectivity index (χ3n) is 5.41. The molecule has 0 atom stereocenters. The van der Waals surface area contributed by atoms with Crippen LogP contribution in [0, 0.1) is 54.3 Å². The van der Waals surface area contributed by atoms with Gasteiger partial charge in [0.25, 0.3) is 34.6 Å². The van der Waals surface area contributed by atoms with E-state index in [0.29, 0.717) is 0 Å². The van der Waals surface area contributed by atoms with Crippen LogP contribution in [0.3, 0.4) is 0 Å². The molecule has 0 heterocycles. The molecule has 0 aliphatic carbocycles. The molecule has 3 aromatic carbocycles. The van der Waals surface area contributed by atoms with E-state index >= 15 is 0 Å². The molecule has 0 fully saturated rings. The number of carbonyl (C=O) groups is 2. The minimum atomic E-state index is -0.900. The Bertz CT molecular complexity index is 1440. The maximum atomic E-state index is 12.8. The van der Waals surface area contributed by atoms with Crippen molar-refractivity contribution in [3.05, 3.63) is 111 Å². The average Bonchev–Trinajstić information content (AvgIpc) is 2.83. The number of nitro groups is 4. The van der Waals surface area contributed by atoms with Gasteiger partial charge in [-0.1, -0.05) is 6.07 Å². The number of benzene rings is 3. The summed E-state index contributed by atoms with van der Waals surface area (Å²) in [5, 5.41) is 49.7. The first-order valence-electron chi connectivity index (χ1n) is 10.4. The molecule has 2 amide bonds. The van der Waals surface area contributed by atoms with Crippen molar-refractivity contribution in [1.29, 1.82) is 0 Å². The Morgan fingerprint density at radius 3 is 1.29 bits per heavy atom. The third kappa shape index (κ3) is 5.54. The average molecular weight is 524 g/mol. The number of amides is 2. The SMILES string of the molecule is Cc1c(C(=O)Nc2cccc(NC(=O)c3cc([N+](=O)[O-])cc([N+](=O)[O-])c3C)c2)cc([N+](=O)[O-])cc1[N+](=O)[O-]. The van der Waals surface area contributed by atoms with Crippen LogP contribution < -0.4 is 10.6 Å². The van der Waals surface area contributed by atoms with E-state index in [4.69, 9.17) is 0 Å². The Hall–Kier alpha value is -5.80. The topological polar surface area (TPSA) is 231 Å². The lowest BCUT2D eigenvalue weighted by Crippen LogP contribution is -2.16. The van der Waals surface area contributed by atoms with Crippen molar-refractivity contribution in [2.24, 2.45) is 0 Å². The minimum absolute atomic E-state index is 0.0862. The smallest absolute Gasteiger partial charge is 0.279 e. The van der Waals surface area contributed by atoms with Crippen molar-refractivity contribution in [1.82, 2.24) is 0 Å². The standard InChI is InChI=1S/C22H16N6O10/c1-11-17(7-15(25(31)32)9-19(11)27(35)36)21(29)23-13-4-3-5-14(6-13)24-22(30)18-8-16(26(33)34)10-20(12(18)2)28(37)38/h3-10H,1-2H3,(H,23,29)(H,24,30). The van der Waals surface area contributed by atoms with Gasteiger partial charge in [-0.2, -0.15) is 0 Å². The number of hydrogen-bond donors (Lipinski definition) is 2. The molecule has 0 aliphatic heterocycles. The molecule has 0 aliphatic rings. The molecule has 38 heavy (non-hydrogen) atoms. The molecule has 3 rings (SSSR count). The number of rotatable bonds is 8. The van der Waals surface area contributed by atoms with Gasteiger partial charge in [0.15, 0.2) is 0 Å². The lowest BCUT2D eigenvalue weighted by molar-refractivity contribution is -0.394. The first kappa shape index (κ1) is 26.8. The van der Waals surface area contributed by atoms with Crippen LogP contribution in [0.5, 0.6) is 0 Å². The summed E-state index contributed by atoms with van der Waals surface area (Å²) >= 11 is 0. The Labute approximate surface area is 211 Å². The summed E-state index contributed by atoms with van der Waals surface area (Å²) in [5.74, 6) is -1.80. The highest BCUT2D eigenvalue weighted by atomic mass is 16.6. The van der Waals surface area contributed by atoms with E-state index in [0.717, 1.165) is 24.3 Å². The molecule has 194 valence electrons. The molecule has 16 nitrogen and oxygen atoms in total. The summed E-state index contributed by atoms with van der Waals surface area (Å²) in [5.41, 5.74) is -3.23. The van der Waals surface area contributed by atoms with Gasteiger partial charge in [-0.25, -0.2) is 0 Å². The highest BCUT2D eigenvalue weighted by Gasteiger charge is 2.26. The first-order valence-corrected chi connectivity index (χ1v) is 10.4. The van der Waals surface area contributed by atoms with Gasteiger partial charge in [-0.05, 0) is 32.0 Å². The number of nitrogens with one attached hydrogen (secondary N) is 2. The molecule has 0 aromatic heterocycles. The highest BCUT2D eigenvalue weighted by Crippen LogP contribution is 2.30. The fraction of sp³-hybridized carbons (Fsp3) is 0.0909. The fourth-order valence-corrected chi connectivity index (χ4v) is 3.50. The lowest BCUT2D eigenvalue weighted by atomic mass is 10.0. The van der Waals surface area contributed by atoms with E-state index in [2.05, 4.69) is 10.6 Å². The highest BCUT2D eigenvalue weighted by molar-refractivity contribution is 6.08. The second-order valence-corrected chi connectivity index (χ2v) is 7.79. The number of anilines is 2. The summed E-state index contributed by atoms with van der Waals surface area (Å²) in [7, 11) is 0. The van der Waals surface area contributed by atoms with Gasteiger partial charge in [0.05, 0.1) is 43.0 Å². The van der Waals surface area contributed by atoms with Crippen molar-refractivity contribution in [3.8, 4) is 0 Å². The van der Waals surface area contributed by atoms with E-state index in [1.165, 1.54) is 38.1 Å². The molecule has 0 unspecified atom stereocenters. The summed E-state index contributed by atoms with van der Waals surface area (Å²) < 4.78 is 0. The summed E-state index contributed by atoms with van der Waals surface area (Å²) in [6.07, 6.45) is 0. The van der Waals surface area contributed by atoms with Crippen molar-refractivity contribution in [2.45, 2.75) is 13.8 Å². The zero-order valence-electron chi connectivity index (χ0n) is 19.5. The van der Waals surface area contributed by atoms with Crippen LogP contribution in [0.1, 0.15) is 31.8 Å². The molecule has 2 N–H and O–H groups in total. The van der Waals surface area contributed by atoms with Gasteiger partial charge in [0.1, 0.15) is 0 Å². The Kier molecular flexibility index (Phi) is 7.36. The second kappa shape index (κ2) is 10.4. The monoisotopic (exact) mass is 524 g/mol. The van der Waals surface area contributed by atoms with Crippen molar-refractivity contribution < 1.29 is 29.3 Å². The summed E-state index contributed by atoms with van der Waals surface area (Å²) in [6, 6.07) is 8.75. The lowest BCUT2D eigenvalue weighted by Gasteiger charge is -2.11. The normalized spacial score (nSPS) is 10.4. The Morgan fingerprint density at radius 2 is 0.974 bits per heavy atom. The first-order chi connectivity index (χ1) is 17.8. The molecule has 0 saturated carbocycles. The van der Waals surface area contributed by atoms with E-state index < -0.39 is 54.3 Å². The van der Waals surface area contributed by atoms with Gasteiger partial charge in [-0.3, -0.25) is 50.0 Å². The van der Waals surface area contributed by atoms with Crippen LogP contribution in [0.25, 0.3) is 0 Å². The molecule has 3 aromatic rings. The molecule has 0 bridgehead atoms. The molecule has 16 heteroatoms. The van der Waals surface area contributed by atoms with Crippen molar-refractivity contribution in [3.63, 3.8) is 0 Å². The van der Waals surface area contributed by atoms with E-state index in [-0.39, 0.29) is 33.6 Å². The quantitative estimate of drug-likeness (QED) is 0.310. The van der Waals surface area contributed by atoms with Crippen LogP contribution in [-0.2, 0) is 0 Å². The molecule has 0 radical (unpaired) electrons. The van der Waals surface area contributed by atoms with Crippen LogP contribution in [0.15, 0.2) is 48.5 Å².